The van der Waals surface area contributed by atoms with Crippen LogP contribution in [0.5, 0.6) is 0 Å². The lowest BCUT2D eigenvalue weighted by atomic mass is 10.3. The molecule has 0 fully saturated rings. The van der Waals surface area contributed by atoms with Gasteiger partial charge in [0.25, 0.3) is 0 Å². The first-order valence-corrected chi connectivity index (χ1v) is 4.30. The summed E-state index contributed by atoms with van der Waals surface area (Å²) in [6.45, 7) is 0. The van der Waals surface area contributed by atoms with Gasteiger partial charge >= 0.3 is 0 Å². The van der Waals surface area contributed by atoms with Gasteiger partial charge in [-0.25, -0.2) is 0 Å². The van der Waals surface area contributed by atoms with Crippen LogP contribution < -0.4 is 0 Å². The van der Waals surface area contributed by atoms with E-state index in [1.54, 1.807) is 24.3 Å². The van der Waals surface area contributed by atoms with Gasteiger partial charge in [-0.05, 0) is 12.1 Å². The van der Waals surface area contributed by atoms with Crippen molar-refractivity contribution in [3.8, 4) is 0 Å². The molecule has 0 atom stereocenters. The van der Waals surface area contributed by atoms with Crippen LogP contribution in [-0.4, -0.2) is 4.55 Å². The molecule has 0 bridgehead atoms. The zero-order chi connectivity index (χ0) is 8.55. The summed E-state index contributed by atoms with van der Waals surface area (Å²) in [4.78, 5) is -0.281. The van der Waals surface area contributed by atoms with Crippen LogP contribution in [0.1, 0.15) is 0 Å². The monoisotopic (exact) mass is 185 g/mol. The van der Waals surface area contributed by atoms with Gasteiger partial charge in [0.15, 0.2) is 11.2 Å². The lowest BCUT2D eigenvalue weighted by Crippen LogP contribution is -1.65. The fourth-order valence-electron chi connectivity index (χ4n) is 0.890. The van der Waals surface area contributed by atoms with Gasteiger partial charge < -0.3 is 17.6 Å². The molecule has 1 heterocycles. The maximum absolute atomic E-state index is 10.5. The van der Waals surface area contributed by atoms with Gasteiger partial charge in [-0.1, -0.05) is 22.8 Å². The highest BCUT2D eigenvalue weighted by molar-refractivity contribution is 7.70. The van der Waals surface area contributed by atoms with E-state index in [0.29, 0.717) is 11.2 Å². The molecule has 64 valence electrons. The lowest BCUT2D eigenvalue weighted by molar-refractivity contribution is 0.424. The summed E-state index contributed by atoms with van der Waals surface area (Å²) in [6.07, 6.45) is 0. The van der Waals surface area contributed by atoms with E-state index in [4.69, 9.17) is 13.4 Å². The Kier molecular flexibility index (Phi) is 1.67. The predicted octanol–water partition coefficient (Wildman–Crippen LogP) is 1.99. The Balaban J connectivity index is 2.97. The molecule has 0 unspecified atom stereocenters. The summed E-state index contributed by atoms with van der Waals surface area (Å²) in [6, 6.07) is 6.83. The molecule has 1 aromatic carbocycles. The Labute approximate surface area is 69.3 Å². The number of fused-ring (bicyclic) bond motifs is 1. The Hall–Kier alpha value is -1.20. The summed E-state index contributed by atoms with van der Waals surface area (Å²) >= 11 is 0. The molecule has 1 aromatic heterocycles. The van der Waals surface area contributed by atoms with E-state index in [1.807, 2.05) is 0 Å². The topological polar surface area (TPSA) is 63.6 Å². The molecule has 2 rings (SSSR count). The normalized spacial score (nSPS) is 11.2. The van der Waals surface area contributed by atoms with E-state index in [9.17, 15) is 4.21 Å². The highest BCUT2D eigenvalue weighted by Crippen LogP contribution is 2.14. The molecule has 0 aliphatic rings. The standard InChI is InChI=1S/C7H5O4S/c8-12(9)7-10-5-3-1-2-4-6(5)11-7/h1-4H,(H,8,9)/q-1. The maximum Gasteiger partial charge on any atom is 0.215 e. The van der Waals surface area contributed by atoms with Crippen molar-refractivity contribution in [2.45, 2.75) is 0 Å². The zero-order valence-corrected chi connectivity index (χ0v) is 6.71. The molecular weight excluding hydrogens is 180 g/mol. The van der Waals surface area contributed by atoms with Crippen LogP contribution in [0.15, 0.2) is 33.1 Å². The Morgan fingerprint density at radius 1 is 1.17 bits per heavy atom. The van der Waals surface area contributed by atoms with Crippen LogP contribution in [0.25, 0.3) is 11.2 Å². The number of hydrogen-bond acceptors (Lipinski definition) is 4. The van der Waals surface area contributed by atoms with Crippen LogP contribution in [-0.2, 0) is 14.9 Å². The van der Waals surface area contributed by atoms with Gasteiger partial charge in [-0.15, -0.1) is 0 Å². The minimum Gasteiger partial charge on any atom is -0.462 e. The minimum absolute atomic E-state index is 0.281. The third kappa shape index (κ3) is 1.13. The van der Waals surface area contributed by atoms with Crippen molar-refractivity contribution >= 4 is 21.8 Å². The summed E-state index contributed by atoms with van der Waals surface area (Å²) in [5, 5.41) is 0. The third-order valence-electron chi connectivity index (χ3n) is 1.38. The minimum atomic E-state index is -2.19. The van der Waals surface area contributed by atoms with Crippen molar-refractivity contribution in [2.75, 3.05) is 0 Å². The van der Waals surface area contributed by atoms with Crippen LogP contribution in [0.4, 0.5) is 0 Å². The molecule has 0 spiro atoms. The molecule has 2 aromatic rings. The molecule has 0 amide bonds. The van der Waals surface area contributed by atoms with Gasteiger partial charge in [0.05, 0.1) is 0 Å². The van der Waals surface area contributed by atoms with Crippen LogP contribution in [0.3, 0.4) is 0 Å². The first-order valence-electron chi connectivity index (χ1n) is 3.20. The summed E-state index contributed by atoms with van der Waals surface area (Å²) in [5.74, 6) is 0. The van der Waals surface area contributed by atoms with Gasteiger partial charge in [-0.3, -0.25) is 0 Å². The van der Waals surface area contributed by atoms with E-state index >= 15 is 0 Å². The Morgan fingerprint density at radius 2 is 1.67 bits per heavy atom. The zero-order valence-electron chi connectivity index (χ0n) is 5.89. The Bertz CT molecular complexity index is 479. The molecular formula is C7H5O4S-. The van der Waals surface area contributed by atoms with Crippen molar-refractivity contribution < 1.29 is 17.6 Å². The summed E-state index contributed by atoms with van der Waals surface area (Å²) < 4.78 is 28.9. The lowest BCUT2D eigenvalue weighted by Gasteiger charge is -1.81. The summed E-state index contributed by atoms with van der Waals surface area (Å²) in [5.41, 5.74) is 0.935. The number of hydrogen-bond donors (Lipinski definition) is 1. The third-order valence-corrected chi connectivity index (χ3v) is 1.83. The Morgan fingerprint density at radius 3 is 2.08 bits per heavy atom. The van der Waals surface area contributed by atoms with E-state index in [-0.39, 0.29) is 4.90 Å². The van der Waals surface area contributed by atoms with Crippen molar-refractivity contribution in [1.29, 1.82) is 0 Å². The number of benzene rings is 1. The highest BCUT2D eigenvalue weighted by Gasteiger charge is 1.95. The molecule has 0 saturated heterocycles. The highest BCUT2D eigenvalue weighted by atomic mass is 32.2. The molecule has 4 nitrogen and oxygen atoms in total. The van der Waals surface area contributed by atoms with Gasteiger partial charge in [-0.2, -0.15) is 0 Å². The predicted molar refractivity (Wildman–Crippen MR) is 42.4 cm³/mol. The molecule has 1 N–H and O–H groups in total. The van der Waals surface area contributed by atoms with E-state index < -0.39 is 10.7 Å². The molecule has 12 heavy (non-hydrogen) atoms. The second-order valence-electron chi connectivity index (χ2n) is 2.15. The molecule has 0 aliphatic carbocycles. The second-order valence-corrected chi connectivity index (χ2v) is 2.98. The van der Waals surface area contributed by atoms with Crippen molar-refractivity contribution in [3.63, 3.8) is 0 Å². The molecule has 5 heteroatoms. The fourth-order valence-corrected chi connectivity index (χ4v) is 1.21. The molecule has 0 saturated carbocycles. The first-order chi connectivity index (χ1) is 5.77. The molecule has 0 aliphatic heterocycles. The first kappa shape index (κ1) is 7.45. The van der Waals surface area contributed by atoms with Gasteiger partial charge in [0.1, 0.15) is 0 Å². The van der Waals surface area contributed by atoms with Gasteiger partial charge in [0.2, 0.25) is 4.90 Å². The summed E-state index contributed by atoms with van der Waals surface area (Å²) in [7, 11) is -2.19. The van der Waals surface area contributed by atoms with Crippen molar-refractivity contribution in [2.24, 2.45) is 0 Å². The fraction of sp³-hybridized carbons (Fsp3) is 0. The molecule has 0 radical (unpaired) electrons. The smallest absolute Gasteiger partial charge is 0.215 e. The maximum atomic E-state index is 10.5. The SMILES string of the molecule is O=[S-](O)=c1oc2ccccc2o1. The average molecular weight is 185 g/mol. The van der Waals surface area contributed by atoms with E-state index in [1.165, 1.54) is 0 Å². The van der Waals surface area contributed by atoms with Crippen LogP contribution >= 0.6 is 0 Å². The number of para-hydroxylation sites is 2. The quantitative estimate of drug-likeness (QED) is 0.387. The largest absolute Gasteiger partial charge is 0.462 e. The number of rotatable bonds is 0. The van der Waals surface area contributed by atoms with Gasteiger partial charge in [0, 0.05) is 0 Å². The van der Waals surface area contributed by atoms with Crippen LogP contribution in [0.2, 0.25) is 0 Å². The van der Waals surface area contributed by atoms with Crippen LogP contribution in [0, 0.1) is 4.90 Å². The van der Waals surface area contributed by atoms with E-state index in [0.717, 1.165) is 0 Å². The average Bonchev–Trinajstić information content (AvgIpc) is 2.46. The van der Waals surface area contributed by atoms with Crippen molar-refractivity contribution in [1.82, 2.24) is 0 Å². The van der Waals surface area contributed by atoms with E-state index in [2.05, 4.69) is 0 Å². The second kappa shape index (κ2) is 2.69. The van der Waals surface area contributed by atoms with Crippen molar-refractivity contribution in [3.05, 3.63) is 29.2 Å².